The van der Waals surface area contributed by atoms with Gasteiger partial charge in [0.1, 0.15) is 5.54 Å². The smallest absolute Gasteiger partial charge is 0.329 e. The van der Waals surface area contributed by atoms with Crippen LogP contribution < -0.4 is 10.6 Å². The molecule has 1 atom stereocenters. The maximum atomic E-state index is 11.9. The summed E-state index contributed by atoms with van der Waals surface area (Å²) in [6, 6.07) is -0.167. The van der Waals surface area contributed by atoms with E-state index in [9.17, 15) is 14.7 Å². The fourth-order valence-electron chi connectivity index (χ4n) is 3.18. The molecular formula is C14H24N2O3. The summed E-state index contributed by atoms with van der Waals surface area (Å²) in [6.45, 7) is 4.42. The Balaban J connectivity index is 1.86. The molecule has 0 heterocycles. The molecule has 0 aromatic rings. The fraction of sp³-hybridized carbons (Fsp3) is 0.857. The number of aliphatic carboxylic acids is 1. The van der Waals surface area contributed by atoms with Gasteiger partial charge in [0.15, 0.2) is 0 Å². The van der Waals surface area contributed by atoms with Crippen LogP contribution >= 0.6 is 0 Å². The molecular weight excluding hydrogens is 244 g/mol. The molecule has 0 aliphatic heterocycles. The van der Waals surface area contributed by atoms with E-state index in [-0.39, 0.29) is 17.5 Å². The summed E-state index contributed by atoms with van der Waals surface area (Å²) in [5.74, 6) is -0.919. The van der Waals surface area contributed by atoms with Gasteiger partial charge in [0.05, 0.1) is 0 Å². The first kappa shape index (κ1) is 14.2. The molecule has 19 heavy (non-hydrogen) atoms. The minimum atomic E-state index is -1.02. The van der Waals surface area contributed by atoms with E-state index in [1.54, 1.807) is 0 Å². The van der Waals surface area contributed by atoms with E-state index < -0.39 is 11.5 Å². The number of amides is 2. The van der Waals surface area contributed by atoms with Crippen LogP contribution in [0.2, 0.25) is 0 Å². The van der Waals surface area contributed by atoms with Crippen molar-refractivity contribution in [3.8, 4) is 0 Å². The maximum absolute atomic E-state index is 11.9. The number of rotatable bonds is 3. The average molecular weight is 268 g/mol. The van der Waals surface area contributed by atoms with Crippen molar-refractivity contribution in [2.24, 2.45) is 5.41 Å². The molecule has 0 radical (unpaired) electrons. The number of hydrogen-bond donors (Lipinski definition) is 3. The van der Waals surface area contributed by atoms with Crippen molar-refractivity contribution < 1.29 is 14.7 Å². The maximum Gasteiger partial charge on any atom is 0.329 e. The first-order chi connectivity index (χ1) is 8.83. The van der Waals surface area contributed by atoms with Gasteiger partial charge in [0.25, 0.3) is 0 Å². The van der Waals surface area contributed by atoms with Gasteiger partial charge in [-0.05, 0) is 43.9 Å². The highest BCUT2D eigenvalue weighted by Crippen LogP contribution is 2.35. The molecule has 2 rings (SSSR count). The Morgan fingerprint density at radius 3 is 2.32 bits per heavy atom. The second-order valence-electron chi connectivity index (χ2n) is 6.80. The van der Waals surface area contributed by atoms with Gasteiger partial charge < -0.3 is 15.7 Å². The number of urea groups is 1. The van der Waals surface area contributed by atoms with Crippen molar-refractivity contribution in [2.75, 3.05) is 0 Å². The quantitative estimate of drug-likeness (QED) is 0.734. The monoisotopic (exact) mass is 268 g/mol. The Bertz CT molecular complexity index is 375. The topological polar surface area (TPSA) is 78.4 Å². The summed E-state index contributed by atoms with van der Waals surface area (Å²) in [6.07, 6.45) is 6.17. The molecule has 0 saturated heterocycles. The van der Waals surface area contributed by atoms with Gasteiger partial charge in [-0.15, -0.1) is 0 Å². The Morgan fingerprint density at radius 1 is 1.16 bits per heavy atom. The van der Waals surface area contributed by atoms with Crippen LogP contribution in [0.25, 0.3) is 0 Å². The standard InChI is InChI=1S/C14H24N2O3/c1-13(2)6-3-5-10(9-13)15-12(19)16-14(11(17)18)7-4-8-14/h10H,3-9H2,1-2H3,(H,17,18)(H2,15,16,19). The molecule has 2 aliphatic carbocycles. The third-order valence-electron chi connectivity index (χ3n) is 4.51. The molecule has 0 spiro atoms. The first-order valence-electron chi connectivity index (χ1n) is 7.15. The van der Waals surface area contributed by atoms with Gasteiger partial charge in [0, 0.05) is 6.04 Å². The van der Waals surface area contributed by atoms with Crippen LogP contribution in [0.5, 0.6) is 0 Å². The van der Waals surface area contributed by atoms with Crippen molar-refractivity contribution >= 4 is 12.0 Å². The zero-order valence-electron chi connectivity index (χ0n) is 11.8. The third-order valence-corrected chi connectivity index (χ3v) is 4.51. The van der Waals surface area contributed by atoms with Gasteiger partial charge in [0.2, 0.25) is 0 Å². The molecule has 0 aromatic carbocycles. The van der Waals surface area contributed by atoms with Crippen LogP contribution in [0, 0.1) is 5.41 Å². The van der Waals surface area contributed by atoms with Crippen molar-refractivity contribution in [2.45, 2.75) is 70.4 Å². The molecule has 0 bridgehead atoms. The lowest BCUT2D eigenvalue weighted by Crippen LogP contribution is -2.62. The van der Waals surface area contributed by atoms with Crippen LogP contribution in [0.1, 0.15) is 58.8 Å². The predicted octanol–water partition coefficient (Wildman–Crippen LogP) is 2.26. The van der Waals surface area contributed by atoms with Crippen LogP contribution in [0.15, 0.2) is 0 Å². The average Bonchev–Trinajstić information content (AvgIpc) is 2.21. The van der Waals surface area contributed by atoms with Crippen molar-refractivity contribution in [3.05, 3.63) is 0 Å². The van der Waals surface area contributed by atoms with Crippen LogP contribution in [0.4, 0.5) is 4.79 Å². The van der Waals surface area contributed by atoms with E-state index in [4.69, 9.17) is 0 Å². The summed E-state index contributed by atoms with van der Waals surface area (Å²) in [4.78, 5) is 23.1. The Labute approximate surface area is 114 Å². The van der Waals surface area contributed by atoms with Crippen LogP contribution in [0.3, 0.4) is 0 Å². The molecule has 2 aliphatic rings. The third kappa shape index (κ3) is 3.19. The molecule has 108 valence electrons. The molecule has 2 saturated carbocycles. The van der Waals surface area contributed by atoms with E-state index in [1.807, 2.05) is 0 Å². The largest absolute Gasteiger partial charge is 0.480 e. The predicted molar refractivity (Wildman–Crippen MR) is 71.9 cm³/mol. The van der Waals surface area contributed by atoms with Gasteiger partial charge in [-0.3, -0.25) is 0 Å². The van der Waals surface area contributed by atoms with Gasteiger partial charge in [-0.2, -0.15) is 0 Å². The number of carbonyl (C=O) groups excluding carboxylic acids is 1. The lowest BCUT2D eigenvalue weighted by molar-refractivity contribution is -0.148. The number of hydrogen-bond acceptors (Lipinski definition) is 2. The molecule has 1 unspecified atom stereocenters. The number of carboxylic acid groups (broad SMARTS) is 1. The van der Waals surface area contributed by atoms with E-state index in [0.29, 0.717) is 12.8 Å². The summed E-state index contributed by atoms with van der Waals surface area (Å²) < 4.78 is 0. The van der Waals surface area contributed by atoms with Gasteiger partial charge in [-0.25, -0.2) is 9.59 Å². The summed E-state index contributed by atoms with van der Waals surface area (Å²) in [5, 5.41) is 14.8. The number of nitrogens with one attached hydrogen (secondary N) is 2. The number of carbonyl (C=O) groups is 2. The van der Waals surface area contributed by atoms with Gasteiger partial charge >= 0.3 is 12.0 Å². The lowest BCUT2D eigenvalue weighted by atomic mass is 9.75. The van der Waals surface area contributed by atoms with E-state index in [0.717, 1.165) is 25.7 Å². The highest BCUT2D eigenvalue weighted by atomic mass is 16.4. The molecule has 5 nitrogen and oxygen atoms in total. The molecule has 3 N–H and O–H groups in total. The Morgan fingerprint density at radius 2 is 1.84 bits per heavy atom. The molecule has 5 heteroatoms. The minimum Gasteiger partial charge on any atom is -0.480 e. The SMILES string of the molecule is CC1(C)CCCC(NC(=O)NC2(C(=O)O)CCC2)C1. The highest BCUT2D eigenvalue weighted by Gasteiger charge is 2.46. The van der Waals surface area contributed by atoms with Crippen molar-refractivity contribution in [1.82, 2.24) is 10.6 Å². The van der Waals surface area contributed by atoms with Gasteiger partial charge in [-0.1, -0.05) is 20.3 Å². The molecule has 2 fully saturated rings. The lowest BCUT2D eigenvalue weighted by Gasteiger charge is -2.40. The Hall–Kier alpha value is -1.26. The van der Waals surface area contributed by atoms with E-state index in [2.05, 4.69) is 24.5 Å². The highest BCUT2D eigenvalue weighted by molar-refractivity contribution is 5.87. The minimum absolute atomic E-state index is 0.162. The zero-order chi connectivity index (χ0) is 14.1. The normalized spacial score (nSPS) is 28.0. The second kappa shape index (κ2) is 5.02. The number of carboxylic acids is 1. The summed E-state index contributed by atoms with van der Waals surface area (Å²) in [5.41, 5.74) is -0.759. The second-order valence-corrected chi connectivity index (χ2v) is 6.80. The van der Waals surface area contributed by atoms with Crippen LogP contribution in [-0.2, 0) is 4.79 Å². The van der Waals surface area contributed by atoms with Crippen molar-refractivity contribution in [3.63, 3.8) is 0 Å². The summed E-state index contributed by atoms with van der Waals surface area (Å²) >= 11 is 0. The van der Waals surface area contributed by atoms with E-state index >= 15 is 0 Å². The van der Waals surface area contributed by atoms with E-state index in [1.165, 1.54) is 6.42 Å². The van der Waals surface area contributed by atoms with Crippen LogP contribution in [-0.4, -0.2) is 28.7 Å². The molecule has 0 aromatic heterocycles. The zero-order valence-corrected chi connectivity index (χ0v) is 11.8. The first-order valence-corrected chi connectivity index (χ1v) is 7.15. The van der Waals surface area contributed by atoms with Crippen molar-refractivity contribution in [1.29, 1.82) is 0 Å². The Kier molecular flexibility index (Phi) is 3.74. The molecule has 2 amide bonds. The fourth-order valence-corrected chi connectivity index (χ4v) is 3.18. The summed E-state index contributed by atoms with van der Waals surface area (Å²) in [7, 11) is 0.